The number of ether oxygens (including phenoxy) is 5. The van der Waals surface area contributed by atoms with Crippen molar-refractivity contribution in [2.24, 2.45) is 5.73 Å². The van der Waals surface area contributed by atoms with E-state index < -0.39 is 105 Å². The zero-order chi connectivity index (χ0) is 24.6. The fourth-order valence-electron chi connectivity index (χ4n) is 4.04. The topological polar surface area (TPSA) is 254 Å². The first-order chi connectivity index (χ1) is 15.5. The summed E-state index contributed by atoms with van der Waals surface area (Å²) in [5, 5.41) is 90.2. The van der Waals surface area contributed by atoms with E-state index in [4.69, 9.17) is 29.4 Å². The van der Waals surface area contributed by atoms with E-state index in [0.29, 0.717) is 0 Å². The Morgan fingerprint density at radius 3 is 1.64 bits per heavy atom. The van der Waals surface area contributed by atoms with Crippen LogP contribution in [0.5, 0.6) is 0 Å². The van der Waals surface area contributed by atoms with Gasteiger partial charge in [0.2, 0.25) is 0 Å². The second-order valence-electron chi connectivity index (χ2n) is 8.41. The Hall–Kier alpha value is -0.600. The summed E-state index contributed by atoms with van der Waals surface area (Å²) >= 11 is 0. The quantitative estimate of drug-likeness (QED) is 0.167. The Kier molecular flexibility index (Phi) is 8.99. The smallest absolute Gasteiger partial charge is 0.187 e. The third-order valence-electron chi connectivity index (χ3n) is 6.16. The molecule has 0 spiro atoms. The predicted molar refractivity (Wildman–Crippen MR) is 102 cm³/mol. The van der Waals surface area contributed by atoms with Crippen LogP contribution in [0.4, 0.5) is 0 Å². The Labute approximate surface area is 188 Å². The van der Waals surface area contributed by atoms with Crippen LogP contribution in [-0.4, -0.2) is 151 Å². The van der Waals surface area contributed by atoms with Crippen LogP contribution in [0.3, 0.4) is 0 Å². The van der Waals surface area contributed by atoms with Crippen LogP contribution in [0, 0.1) is 0 Å². The number of aliphatic hydroxyl groups is 9. The molecule has 15 heteroatoms. The predicted octanol–water partition coefficient (Wildman–Crippen LogP) is -6.58. The van der Waals surface area contributed by atoms with Crippen molar-refractivity contribution in [3.63, 3.8) is 0 Å². The number of hydrogen-bond donors (Lipinski definition) is 10. The molecule has 3 heterocycles. The van der Waals surface area contributed by atoms with Gasteiger partial charge in [-0.15, -0.1) is 0 Å². The van der Waals surface area contributed by atoms with Crippen LogP contribution < -0.4 is 5.73 Å². The summed E-state index contributed by atoms with van der Waals surface area (Å²) in [6.07, 6.45) is -21.4. The summed E-state index contributed by atoms with van der Waals surface area (Å²) in [5.74, 6) is 0. The summed E-state index contributed by atoms with van der Waals surface area (Å²) in [7, 11) is 0. The van der Waals surface area contributed by atoms with Gasteiger partial charge in [0.25, 0.3) is 0 Å². The Morgan fingerprint density at radius 1 is 0.636 bits per heavy atom. The van der Waals surface area contributed by atoms with E-state index in [0.717, 1.165) is 0 Å². The summed E-state index contributed by atoms with van der Waals surface area (Å²) in [5.41, 5.74) is 5.73. The lowest BCUT2D eigenvalue weighted by Crippen LogP contribution is -2.66. The summed E-state index contributed by atoms with van der Waals surface area (Å²) in [6, 6.07) is -0.901. The molecule has 11 N–H and O–H groups in total. The van der Waals surface area contributed by atoms with Gasteiger partial charge in [-0.2, -0.15) is 0 Å². The third kappa shape index (κ3) is 5.32. The van der Waals surface area contributed by atoms with E-state index >= 15 is 0 Å². The van der Waals surface area contributed by atoms with E-state index in [1.54, 1.807) is 0 Å². The van der Waals surface area contributed by atoms with Crippen molar-refractivity contribution in [1.29, 1.82) is 0 Å². The fourth-order valence-corrected chi connectivity index (χ4v) is 4.04. The maximum Gasteiger partial charge on any atom is 0.187 e. The van der Waals surface area contributed by atoms with Gasteiger partial charge in [0.15, 0.2) is 18.9 Å². The van der Waals surface area contributed by atoms with Crippen molar-refractivity contribution in [2.45, 2.75) is 99.0 Å². The highest BCUT2D eigenvalue weighted by atomic mass is 16.7. The molecular formula is C18H33NO14. The van der Waals surface area contributed by atoms with E-state index in [9.17, 15) is 46.0 Å². The highest BCUT2D eigenvalue weighted by molar-refractivity contribution is 4.96. The molecule has 3 aliphatic rings. The normalized spacial score (nSPS) is 53.7. The Morgan fingerprint density at radius 2 is 1.09 bits per heavy atom. The maximum absolute atomic E-state index is 10.6. The van der Waals surface area contributed by atoms with Crippen LogP contribution in [-0.2, 0) is 23.7 Å². The molecule has 0 aromatic rings. The molecule has 3 rings (SSSR count). The van der Waals surface area contributed by atoms with Crippen LogP contribution in [0.15, 0.2) is 0 Å². The standard InChI is InChI=1S/C18H33NO14/c1-4-7(19)8(22)12(26)17(29-4)32-15-6(3-21)31-18(13(27)10(15)24)33-14-5(2-20)30-16(28)11(25)9(14)23/h4-18,20-28H,2-3,19H2,1H3/t4?,5?,6?,7-,8-,9+,10+,11?,12?,13?,14+,15+,16?,17+,18+/m1/s1. The molecule has 0 aromatic heterocycles. The van der Waals surface area contributed by atoms with Crippen molar-refractivity contribution in [1.82, 2.24) is 0 Å². The number of hydrogen-bond acceptors (Lipinski definition) is 15. The van der Waals surface area contributed by atoms with E-state index in [-0.39, 0.29) is 0 Å². The SMILES string of the molecule is CC1O[C@@H](O[C@H]2C(CO)O[C@@H](O[C@H]3C(CO)OC(O)C(O)[C@@H]3O)C(O)[C@@H]2O)C(O)[C@H](O)[C@@H]1N. The van der Waals surface area contributed by atoms with Crippen LogP contribution in [0.2, 0.25) is 0 Å². The molecular weight excluding hydrogens is 454 g/mol. The Bertz CT molecular complexity index is 627. The number of nitrogens with two attached hydrogens (primary N) is 1. The minimum atomic E-state index is -1.83. The zero-order valence-corrected chi connectivity index (χ0v) is 17.7. The first-order valence-electron chi connectivity index (χ1n) is 10.5. The molecule has 0 bridgehead atoms. The molecule has 3 fully saturated rings. The lowest BCUT2D eigenvalue weighted by Gasteiger charge is -2.47. The molecule has 0 aromatic carbocycles. The van der Waals surface area contributed by atoms with Gasteiger partial charge >= 0.3 is 0 Å². The molecule has 194 valence electrons. The van der Waals surface area contributed by atoms with Crippen LogP contribution >= 0.6 is 0 Å². The van der Waals surface area contributed by atoms with Crippen LogP contribution in [0.1, 0.15) is 6.92 Å². The minimum Gasteiger partial charge on any atom is -0.394 e. The van der Waals surface area contributed by atoms with Gasteiger partial charge in [0.05, 0.1) is 25.4 Å². The maximum atomic E-state index is 10.6. The van der Waals surface area contributed by atoms with Crippen molar-refractivity contribution in [3.05, 3.63) is 0 Å². The van der Waals surface area contributed by atoms with E-state index in [2.05, 4.69) is 0 Å². The van der Waals surface area contributed by atoms with Crippen molar-refractivity contribution in [2.75, 3.05) is 13.2 Å². The van der Waals surface area contributed by atoms with Gasteiger partial charge in [-0.25, -0.2) is 0 Å². The molecule has 15 nitrogen and oxygen atoms in total. The van der Waals surface area contributed by atoms with E-state index in [1.165, 1.54) is 6.92 Å². The number of aliphatic hydroxyl groups excluding tert-OH is 9. The fraction of sp³-hybridized carbons (Fsp3) is 1.00. The van der Waals surface area contributed by atoms with Crippen molar-refractivity contribution < 1.29 is 69.6 Å². The van der Waals surface area contributed by atoms with Crippen molar-refractivity contribution >= 4 is 0 Å². The summed E-state index contributed by atoms with van der Waals surface area (Å²) in [6.45, 7) is 0.0570. The molecule has 7 unspecified atom stereocenters. The van der Waals surface area contributed by atoms with Gasteiger partial charge in [-0.1, -0.05) is 0 Å². The van der Waals surface area contributed by atoms with Crippen molar-refractivity contribution in [3.8, 4) is 0 Å². The van der Waals surface area contributed by atoms with Gasteiger partial charge in [-0.05, 0) is 6.92 Å². The van der Waals surface area contributed by atoms with Crippen LogP contribution in [0.25, 0.3) is 0 Å². The number of rotatable bonds is 6. The molecule has 0 aliphatic carbocycles. The second-order valence-corrected chi connectivity index (χ2v) is 8.41. The summed E-state index contributed by atoms with van der Waals surface area (Å²) < 4.78 is 26.8. The highest BCUT2D eigenvalue weighted by Crippen LogP contribution is 2.31. The molecule has 0 amide bonds. The molecule has 0 radical (unpaired) electrons. The largest absolute Gasteiger partial charge is 0.394 e. The molecule has 3 aliphatic heterocycles. The molecule has 0 saturated carbocycles. The molecule has 3 saturated heterocycles. The van der Waals surface area contributed by atoms with Gasteiger partial charge in [-0.3, -0.25) is 0 Å². The second kappa shape index (κ2) is 11.0. The monoisotopic (exact) mass is 487 g/mol. The minimum absolute atomic E-state index is 0.728. The Balaban J connectivity index is 1.71. The third-order valence-corrected chi connectivity index (χ3v) is 6.16. The molecule has 33 heavy (non-hydrogen) atoms. The average molecular weight is 487 g/mol. The summed E-state index contributed by atoms with van der Waals surface area (Å²) in [4.78, 5) is 0. The molecule has 15 atom stereocenters. The average Bonchev–Trinajstić information content (AvgIpc) is 2.80. The lowest BCUT2D eigenvalue weighted by molar-refractivity contribution is -0.373. The zero-order valence-electron chi connectivity index (χ0n) is 17.7. The highest BCUT2D eigenvalue weighted by Gasteiger charge is 2.52. The van der Waals surface area contributed by atoms with Gasteiger partial charge < -0.3 is 75.4 Å². The first-order valence-corrected chi connectivity index (χ1v) is 10.5. The lowest BCUT2D eigenvalue weighted by atomic mass is 9.96. The van der Waals surface area contributed by atoms with E-state index in [1.807, 2.05) is 0 Å². The van der Waals surface area contributed by atoms with Gasteiger partial charge in [0, 0.05) is 0 Å². The van der Waals surface area contributed by atoms with Gasteiger partial charge in [0.1, 0.15) is 61.0 Å². The first kappa shape index (κ1) is 27.0.